The molecule has 0 aliphatic carbocycles. The van der Waals surface area contributed by atoms with Crippen LogP contribution in [0.3, 0.4) is 0 Å². The van der Waals surface area contributed by atoms with Crippen LogP contribution in [0.25, 0.3) is 0 Å². The van der Waals surface area contributed by atoms with Gasteiger partial charge in [0.2, 0.25) is 5.82 Å². The van der Waals surface area contributed by atoms with Gasteiger partial charge in [-0.1, -0.05) is 5.22 Å². The maximum Gasteiger partial charge on any atom is 0.269 e. The fraction of sp³-hybridized carbons (Fsp3) is 0.636. The molecule has 2 rings (SSSR count). The smallest absolute Gasteiger partial charge is 0.269 e. The average molecular weight is 314 g/mol. The van der Waals surface area contributed by atoms with E-state index < -0.39 is 37.1 Å². The number of imidazole rings is 1. The Labute approximate surface area is 125 Å². The van der Waals surface area contributed by atoms with Gasteiger partial charge in [-0.25, -0.2) is 4.98 Å². The number of aliphatic hydroxyl groups excluding tert-OH is 3. The largest absolute Gasteiger partial charge is 0.394 e. The van der Waals surface area contributed by atoms with Gasteiger partial charge in [0.15, 0.2) is 11.9 Å². The van der Waals surface area contributed by atoms with Crippen molar-refractivity contribution in [1.82, 2.24) is 14.6 Å². The van der Waals surface area contributed by atoms with Crippen LogP contribution in [-0.2, 0) is 4.74 Å². The first-order chi connectivity index (χ1) is 10.4. The van der Waals surface area contributed by atoms with Crippen molar-refractivity contribution in [2.45, 2.75) is 24.5 Å². The van der Waals surface area contributed by atoms with Crippen molar-refractivity contribution in [1.29, 1.82) is 0 Å². The third-order valence-electron chi connectivity index (χ3n) is 3.12. The number of hydrogen-bond donors (Lipinski definition) is 4. The van der Waals surface area contributed by atoms with Crippen LogP contribution in [-0.4, -0.2) is 74.8 Å². The predicted octanol–water partition coefficient (Wildman–Crippen LogP) is -1.85. The third kappa shape index (κ3) is 2.92. The summed E-state index contributed by atoms with van der Waals surface area (Å²) in [6, 6.07) is 0. The van der Waals surface area contributed by atoms with Crippen molar-refractivity contribution in [2.75, 3.05) is 20.7 Å². The minimum Gasteiger partial charge on any atom is -0.394 e. The monoisotopic (exact) mass is 314 g/mol. The molecule has 1 aliphatic rings. The molecule has 4 unspecified atom stereocenters. The maximum absolute atomic E-state index is 11.6. The van der Waals surface area contributed by atoms with Crippen molar-refractivity contribution in [3.63, 3.8) is 0 Å². The van der Waals surface area contributed by atoms with Crippen LogP contribution in [0.5, 0.6) is 0 Å². The fourth-order valence-electron chi connectivity index (χ4n) is 2.10. The first-order valence-electron chi connectivity index (χ1n) is 6.44. The van der Waals surface area contributed by atoms with Crippen molar-refractivity contribution < 1.29 is 24.9 Å². The van der Waals surface area contributed by atoms with Gasteiger partial charge in [-0.2, -0.15) is 0 Å². The normalized spacial score (nSPS) is 28.4. The molecular weight excluding hydrogens is 296 g/mol. The Bertz CT molecular complexity index is 573. The lowest BCUT2D eigenvalue weighted by Crippen LogP contribution is -2.33. The number of ether oxygens (including phenoxy) is 1. The van der Waals surface area contributed by atoms with Crippen LogP contribution < -0.4 is 5.73 Å². The summed E-state index contributed by atoms with van der Waals surface area (Å²) in [5, 5.41) is 37.8. The van der Waals surface area contributed by atoms with E-state index in [1.165, 1.54) is 11.3 Å². The number of nitrogens with zero attached hydrogens (tertiary/aromatic N) is 5. The minimum absolute atomic E-state index is 0.0426. The molecule has 22 heavy (non-hydrogen) atoms. The lowest BCUT2D eigenvalue weighted by atomic mass is 10.1. The molecule has 1 aromatic rings. The van der Waals surface area contributed by atoms with E-state index in [1.54, 1.807) is 14.1 Å². The highest BCUT2D eigenvalue weighted by molar-refractivity contribution is 5.95. The van der Waals surface area contributed by atoms with Crippen molar-refractivity contribution in [3.8, 4) is 0 Å². The summed E-state index contributed by atoms with van der Waals surface area (Å²) >= 11 is 0. The highest BCUT2D eigenvalue weighted by Gasteiger charge is 2.44. The van der Waals surface area contributed by atoms with E-state index in [4.69, 9.17) is 15.6 Å². The number of aromatic nitrogens is 2. The zero-order chi connectivity index (χ0) is 16.4. The van der Waals surface area contributed by atoms with E-state index in [2.05, 4.69) is 15.3 Å². The number of aliphatic hydroxyl groups is 3. The second-order valence-electron chi connectivity index (χ2n) is 4.95. The number of amides is 1. The first kappa shape index (κ1) is 16.3. The summed E-state index contributed by atoms with van der Waals surface area (Å²) in [7, 11) is 3.27. The standard InChI is InChI=1S/C11H18N6O5/c1-16(2)15-14-10-6(9(12)21)17(4-13-10)11-8(20)7(19)5(3-18)22-11/h4-5,7-8,11,18-20H,3H2,1-2H3,(H2,12,21)/b15-14-. The van der Waals surface area contributed by atoms with Gasteiger partial charge in [0, 0.05) is 14.1 Å². The van der Waals surface area contributed by atoms with Crippen LogP contribution in [0, 0.1) is 0 Å². The van der Waals surface area contributed by atoms with Gasteiger partial charge in [-0.3, -0.25) is 14.4 Å². The third-order valence-corrected chi connectivity index (χ3v) is 3.12. The van der Waals surface area contributed by atoms with Gasteiger partial charge in [0.1, 0.15) is 24.6 Å². The summed E-state index contributed by atoms with van der Waals surface area (Å²) in [5.41, 5.74) is 5.19. The van der Waals surface area contributed by atoms with Crippen LogP contribution in [0.2, 0.25) is 0 Å². The SMILES string of the molecule is CN(C)/N=N\c1ncn(C2OC(CO)C(O)C2O)c1C(N)=O. The summed E-state index contributed by atoms with van der Waals surface area (Å²) in [6.45, 7) is -0.484. The molecule has 0 saturated carbocycles. The molecule has 11 nitrogen and oxygen atoms in total. The molecule has 1 fully saturated rings. The van der Waals surface area contributed by atoms with E-state index in [9.17, 15) is 15.0 Å². The molecule has 1 aliphatic heterocycles. The number of rotatable bonds is 5. The zero-order valence-electron chi connectivity index (χ0n) is 12.1. The summed E-state index contributed by atoms with van der Waals surface area (Å²) in [5.74, 6) is -0.887. The Morgan fingerprint density at radius 2 is 2.18 bits per heavy atom. The van der Waals surface area contributed by atoms with Crippen molar-refractivity contribution >= 4 is 11.7 Å². The number of carbonyl (C=O) groups excluding carboxylic acids is 1. The van der Waals surface area contributed by atoms with E-state index in [0.717, 1.165) is 4.57 Å². The highest BCUT2D eigenvalue weighted by atomic mass is 16.6. The van der Waals surface area contributed by atoms with Crippen LogP contribution >= 0.6 is 0 Å². The van der Waals surface area contributed by atoms with E-state index in [-0.39, 0.29) is 11.5 Å². The number of hydrogen-bond acceptors (Lipinski definition) is 8. The topological polar surface area (TPSA) is 159 Å². The Morgan fingerprint density at radius 3 is 2.68 bits per heavy atom. The average Bonchev–Trinajstić information content (AvgIpc) is 2.99. The van der Waals surface area contributed by atoms with Crippen LogP contribution in [0.4, 0.5) is 5.82 Å². The lowest BCUT2D eigenvalue weighted by Gasteiger charge is -2.17. The second kappa shape index (κ2) is 6.36. The van der Waals surface area contributed by atoms with Gasteiger partial charge in [-0.15, -0.1) is 5.11 Å². The Morgan fingerprint density at radius 1 is 1.50 bits per heavy atom. The molecular formula is C11H18N6O5. The lowest BCUT2D eigenvalue weighted by molar-refractivity contribution is -0.0534. The molecule has 1 amide bonds. The second-order valence-corrected chi connectivity index (χ2v) is 4.95. The molecule has 0 spiro atoms. The molecule has 0 radical (unpaired) electrons. The van der Waals surface area contributed by atoms with E-state index in [1.807, 2.05) is 0 Å². The molecule has 2 heterocycles. The molecule has 1 saturated heterocycles. The van der Waals surface area contributed by atoms with Gasteiger partial charge in [0.05, 0.1) is 6.61 Å². The number of primary amides is 1. The molecule has 1 aromatic heterocycles. The molecule has 4 atom stereocenters. The fourth-order valence-corrected chi connectivity index (χ4v) is 2.10. The molecule has 0 aromatic carbocycles. The predicted molar refractivity (Wildman–Crippen MR) is 72.0 cm³/mol. The minimum atomic E-state index is -1.36. The number of nitrogens with two attached hydrogens (primary N) is 1. The van der Waals surface area contributed by atoms with Gasteiger partial charge in [-0.05, 0) is 0 Å². The van der Waals surface area contributed by atoms with Crippen LogP contribution in [0.1, 0.15) is 16.7 Å². The molecule has 11 heteroatoms. The van der Waals surface area contributed by atoms with Gasteiger partial charge in [0.25, 0.3) is 5.91 Å². The highest BCUT2D eigenvalue weighted by Crippen LogP contribution is 2.32. The summed E-state index contributed by atoms with van der Waals surface area (Å²) in [6.07, 6.45) is -3.56. The molecule has 122 valence electrons. The summed E-state index contributed by atoms with van der Waals surface area (Å²) in [4.78, 5) is 15.5. The molecule has 5 N–H and O–H groups in total. The Kier molecular flexibility index (Phi) is 4.71. The Hall–Kier alpha value is -2.08. The first-order valence-corrected chi connectivity index (χ1v) is 6.44. The van der Waals surface area contributed by atoms with Crippen molar-refractivity contribution in [3.05, 3.63) is 12.0 Å². The molecule has 0 bridgehead atoms. The Balaban J connectivity index is 2.38. The van der Waals surface area contributed by atoms with Crippen molar-refractivity contribution in [2.24, 2.45) is 16.1 Å². The number of carbonyl (C=O) groups is 1. The van der Waals surface area contributed by atoms with E-state index >= 15 is 0 Å². The summed E-state index contributed by atoms with van der Waals surface area (Å²) < 4.78 is 6.50. The van der Waals surface area contributed by atoms with E-state index in [0.29, 0.717) is 0 Å². The van der Waals surface area contributed by atoms with Gasteiger partial charge >= 0.3 is 0 Å². The zero-order valence-corrected chi connectivity index (χ0v) is 12.1. The van der Waals surface area contributed by atoms with Gasteiger partial charge < -0.3 is 25.8 Å². The quantitative estimate of drug-likeness (QED) is 0.367. The van der Waals surface area contributed by atoms with Crippen LogP contribution in [0.15, 0.2) is 16.7 Å². The maximum atomic E-state index is 11.6.